The van der Waals surface area contributed by atoms with Gasteiger partial charge in [0.2, 0.25) is 0 Å². The second-order valence-corrected chi connectivity index (χ2v) is 6.01. The van der Waals surface area contributed by atoms with E-state index in [1.54, 1.807) is 12.1 Å². The molecular formula is C16H22ClNO3. The molecule has 116 valence electrons. The first-order valence-corrected chi connectivity index (χ1v) is 7.80. The Morgan fingerprint density at radius 3 is 2.95 bits per heavy atom. The highest BCUT2D eigenvalue weighted by molar-refractivity contribution is 6.32. The van der Waals surface area contributed by atoms with E-state index in [1.165, 1.54) is 0 Å². The molecule has 2 N–H and O–H groups in total. The van der Waals surface area contributed by atoms with Crippen LogP contribution in [0.15, 0.2) is 18.2 Å². The van der Waals surface area contributed by atoms with Crippen LogP contribution in [0.5, 0.6) is 5.75 Å². The van der Waals surface area contributed by atoms with Crippen molar-refractivity contribution in [2.45, 2.75) is 51.2 Å². The molecule has 1 aliphatic rings. The van der Waals surface area contributed by atoms with E-state index in [0.717, 1.165) is 37.7 Å². The third kappa shape index (κ3) is 4.90. The number of hydrogen-bond acceptors (Lipinski definition) is 3. The fraction of sp³-hybridized carbons (Fsp3) is 0.562. The maximum absolute atomic E-state index is 11.9. The minimum atomic E-state index is -0.459. The molecule has 5 heteroatoms. The molecule has 2 atom stereocenters. The van der Waals surface area contributed by atoms with Crippen molar-refractivity contribution in [2.24, 2.45) is 0 Å². The van der Waals surface area contributed by atoms with Gasteiger partial charge in [-0.15, -0.1) is 0 Å². The van der Waals surface area contributed by atoms with E-state index in [0.29, 0.717) is 10.8 Å². The normalized spacial score (nSPS) is 22.4. The summed E-state index contributed by atoms with van der Waals surface area (Å²) in [5, 5.41) is 13.3. The zero-order valence-corrected chi connectivity index (χ0v) is 13.0. The molecule has 2 unspecified atom stereocenters. The number of aryl methyl sites for hydroxylation is 1. The maximum atomic E-state index is 11.9. The lowest BCUT2D eigenvalue weighted by Gasteiger charge is -2.21. The first-order chi connectivity index (χ1) is 10.1. The number of nitrogens with one attached hydrogen (secondary N) is 1. The van der Waals surface area contributed by atoms with Gasteiger partial charge in [0.05, 0.1) is 17.2 Å². The van der Waals surface area contributed by atoms with Crippen molar-refractivity contribution in [1.29, 1.82) is 0 Å². The van der Waals surface area contributed by atoms with Gasteiger partial charge >= 0.3 is 0 Å². The summed E-state index contributed by atoms with van der Waals surface area (Å²) in [7, 11) is 0. The van der Waals surface area contributed by atoms with Crippen molar-refractivity contribution in [3.63, 3.8) is 0 Å². The summed E-state index contributed by atoms with van der Waals surface area (Å²) in [5.74, 6) is 0.284. The topological polar surface area (TPSA) is 58.6 Å². The first-order valence-electron chi connectivity index (χ1n) is 7.42. The average molecular weight is 312 g/mol. The van der Waals surface area contributed by atoms with Crippen molar-refractivity contribution < 1.29 is 14.6 Å². The van der Waals surface area contributed by atoms with Crippen LogP contribution in [-0.4, -0.2) is 29.8 Å². The molecule has 0 aromatic heterocycles. The Morgan fingerprint density at radius 1 is 1.38 bits per heavy atom. The number of hydrogen-bond donors (Lipinski definition) is 2. The third-order valence-electron chi connectivity index (χ3n) is 3.77. The van der Waals surface area contributed by atoms with Crippen molar-refractivity contribution in [3.8, 4) is 5.75 Å². The number of rotatable bonds is 4. The van der Waals surface area contributed by atoms with Crippen molar-refractivity contribution in [1.82, 2.24) is 5.32 Å². The zero-order valence-electron chi connectivity index (χ0n) is 12.3. The quantitative estimate of drug-likeness (QED) is 0.841. The van der Waals surface area contributed by atoms with Crippen molar-refractivity contribution >= 4 is 17.5 Å². The van der Waals surface area contributed by atoms with Crippen LogP contribution >= 0.6 is 11.6 Å². The largest absolute Gasteiger partial charge is 0.482 e. The number of carbonyl (C=O) groups excluding carboxylic acids is 1. The highest BCUT2D eigenvalue weighted by Crippen LogP contribution is 2.25. The van der Waals surface area contributed by atoms with Crippen LogP contribution in [0, 0.1) is 6.92 Å². The Morgan fingerprint density at radius 2 is 2.14 bits per heavy atom. The summed E-state index contributed by atoms with van der Waals surface area (Å²) in [6.45, 7) is 1.84. The lowest BCUT2D eigenvalue weighted by molar-refractivity contribution is -0.124. The predicted octanol–water partition coefficient (Wildman–Crippen LogP) is 2.84. The van der Waals surface area contributed by atoms with Gasteiger partial charge in [-0.3, -0.25) is 4.79 Å². The van der Waals surface area contributed by atoms with E-state index < -0.39 is 6.10 Å². The summed E-state index contributed by atoms with van der Waals surface area (Å²) < 4.78 is 5.46. The molecule has 4 nitrogen and oxygen atoms in total. The van der Waals surface area contributed by atoms with E-state index in [4.69, 9.17) is 16.3 Å². The Bertz CT molecular complexity index is 492. The number of aliphatic hydroxyl groups excluding tert-OH is 1. The lowest BCUT2D eigenvalue weighted by atomic mass is 10.1. The molecule has 0 heterocycles. The molecule has 0 aliphatic heterocycles. The molecule has 1 fully saturated rings. The van der Waals surface area contributed by atoms with Gasteiger partial charge in [-0.25, -0.2) is 0 Å². The molecule has 1 aliphatic carbocycles. The summed E-state index contributed by atoms with van der Waals surface area (Å²) in [6.07, 6.45) is 4.26. The highest BCUT2D eigenvalue weighted by atomic mass is 35.5. The number of carbonyl (C=O) groups is 1. The van der Waals surface area contributed by atoms with Gasteiger partial charge in [0.25, 0.3) is 5.91 Å². The molecule has 0 spiro atoms. The summed E-state index contributed by atoms with van der Waals surface area (Å²) in [5.41, 5.74) is 1.02. The van der Waals surface area contributed by atoms with Crippen LogP contribution in [0.4, 0.5) is 0 Å². The highest BCUT2D eigenvalue weighted by Gasteiger charge is 2.23. The van der Waals surface area contributed by atoms with Gasteiger partial charge in [-0.05, 0) is 37.5 Å². The smallest absolute Gasteiger partial charge is 0.258 e. The Kier molecular flexibility index (Phi) is 5.88. The van der Waals surface area contributed by atoms with Crippen LogP contribution < -0.4 is 10.1 Å². The fourth-order valence-electron chi connectivity index (χ4n) is 2.57. The van der Waals surface area contributed by atoms with Crippen LogP contribution in [-0.2, 0) is 4.79 Å². The van der Waals surface area contributed by atoms with Crippen molar-refractivity contribution in [2.75, 3.05) is 6.61 Å². The fourth-order valence-corrected chi connectivity index (χ4v) is 2.74. The lowest BCUT2D eigenvalue weighted by Crippen LogP contribution is -2.44. The number of aliphatic hydroxyl groups is 1. The third-order valence-corrected chi connectivity index (χ3v) is 4.08. The maximum Gasteiger partial charge on any atom is 0.258 e. The monoisotopic (exact) mass is 311 g/mol. The Balaban J connectivity index is 1.85. The van der Waals surface area contributed by atoms with Gasteiger partial charge < -0.3 is 15.2 Å². The van der Waals surface area contributed by atoms with E-state index in [-0.39, 0.29) is 18.6 Å². The minimum absolute atomic E-state index is 0.0909. The van der Waals surface area contributed by atoms with Crippen LogP contribution in [0.25, 0.3) is 0 Å². The van der Waals surface area contributed by atoms with Gasteiger partial charge in [0, 0.05) is 0 Å². The molecule has 0 bridgehead atoms. The standard InChI is InChI=1S/C16H22ClNO3/c1-11-7-8-12(17)15(9-11)21-10-16(20)18-13-5-3-2-4-6-14(13)19/h7-9,13-14,19H,2-6,10H2,1H3,(H,18,20). The molecule has 0 saturated heterocycles. The minimum Gasteiger partial charge on any atom is -0.482 e. The van der Waals surface area contributed by atoms with Crippen LogP contribution in [0.3, 0.4) is 0 Å². The van der Waals surface area contributed by atoms with Crippen molar-refractivity contribution in [3.05, 3.63) is 28.8 Å². The van der Waals surface area contributed by atoms with Gasteiger partial charge in [-0.2, -0.15) is 0 Å². The SMILES string of the molecule is Cc1ccc(Cl)c(OCC(=O)NC2CCCCCC2O)c1. The predicted molar refractivity (Wildman–Crippen MR) is 82.7 cm³/mol. The van der Waals surface area contributed by atoms with E-state index >= 15 is 0 Å². The number of halogens is 1. The number of benzene rings is 1. The summed E-state index contributed by atoms with van der Waals surface area (Å²) in [6, 6.07) is 5.27. The second kappa shape index (κ2) is 7.66. The zero-order chi connectivity index (χ0) is 15.2. The summed E-state index contributed by atoms with van der Waals surface area (Å²) in [4.78, 5) is 11.9. The molecule has 1 saturated carbocycles. The summed E-state index contributed by atoms with van der Waals surface area (Å²) >= 11 is 6.02. The van der Waals surface area contributed by atoms with Crippen LogP contribution in [0.1, 0.15) is 37.7 Å². The molecule has 2 rings (SSSR count). The molecular weight excluding hydrogens is 290 g/mol. The van der Waals surface area contributed by atoms with Gasteiger partial charge in [0.1, 0.15) is 5.75 Å². The van der Waals surface area contributed by atoms with E-state index in [1.807, 2.05) is 13.0 Å². The van der Waals surface area contributed by atoms with Crippen LogP contribution in [0.2, 0.25) is 5.02 Å². The molecule has 1 aromatic rings. The molecule has 21 heavy (non-hydrogen) atoms. The Hall–Kier alpha value is -1.26. The molecule has 0 radical (unpaired) electrons. The second-order valence-electron chi connectivity index (χ2n) is 5.60. The first kappa shape index (κ1) is 16.1. The van der Waals surface area contributed by atoms with E-state index in [9.17, 15) is 9.90 Å². The molecule has 1 aromatic carbocycles. The average Bonchev–Trinajstić information content (AvgIpc) is 2.65. The number of ether oxygens (including phenoxy) is 1. The Labute approximate surface area is 130 Å². The van der Waals surface area contributed by atoms with E-state index in [2.05, 4.69) is 5.32 Å². The number of amides is 1. The molecule has 1 amide bonds. The van der Waals surface area contributed by atoms with Gasteiger partial charge in [-0.1, -0.05) is 36.9 Å². The van der Waals surface area contributed by atoms with Gasteiger partial charge in [0.15, 0.2) is 6.61 Å².